The highest BCUT2D eigenvalue weighted by Gasteiger charge is 2.26. The van der Waals surface area contributed by atoms with E-state index >= 15 is 0 Å². The zero-order chi connectivity index (χ0) is 19.0. The molecule has 25 heavy (non-hydrogen) atoms. The molecule has 0 aliphatic heterocycles. The van der Waals surface area contributed by atoms with Crippen LogP contribution in [0.3, 0.4) is 0 Å². The summed E-state index contributed by atoms with van der Waals surface area (Å²) >= 11 is 17.3. The molecule has 0 aliphatic carbocycles. The molecule has 0 N–H and O–H groups in total. The van der Waals surface area contributed by atoms with Gasteiger partial charge in [0.25, 0.3) is 0 Å². The smallest absolute Gasteiger partial charge is 0.348 e. The van der Waals surface area contributed by atoms with E-state index in [1.54, 1.807) is 0 Å². The first-order valence-corrected chi connectivity index (χ1v) is 14.6. The molecule has 0 saturated heterocycles. The average Bonchev–Trinajstić information content (AvgIpc) is 2.50. The Kier molecular flexibility index (Phi) is 10.5. The van der Waals surface area contributed by atoms with Crippen molar-refractivity contribution in [3.63, 3.8) is 0 Å². The van der Waals surface area contributed by atoms with E-state index in [1.165, 1.54) is 0 Å². The van der Waals surface area contributed by atoms with Crippen LogP contribution < -0.4 is 0 Å². The van der Waals surface area contributed by atoms with E-state index in [2.05, 4.69) is 181 Å². The number of halogens is 8. The van der Waals surface area contributed by atoms with Gasteiger partial charge in [0, 0.05) is 28.6 Å². The van der Waals surface area contributed by atoms with Crippen molar-refractivity contribution in [1.82, 2.24) is 0 Å². The standard InChI is InChI=1S/C14H2I8O3/c15-3-1-5(17)9(19)11(21)7(3)13(23)25-14(24)8-4(16)2-6(18)10(20)12(8)22/h1-2H. The zero-order valence-corrected chi connectivity index (χ0v) is 28.7. The minimum absolute atomic E-state index is 0.435. The minimum Gasteiger partial charge on any atom is -0.386 e. The van der Waals surface area contributed by atoms with E-state index in [1.807, 2.05) is 12.1 Å². The summed E-state index contributed by atoms with van der Waals surface area (Å²) in [5.41, 5.74) is 0.870. The molecule has 0 bridgehead atoms. The molecule has 2 aromatic rings. The molecule has 2 aromatic carbocycles. The number of ether oxygens (including phenoxy) is 1. The Bertz CT molecular complexity index is 836. The molecule has 0 spiro atoms. The molecule has 0 heterocycles. The van der Waals surface area contributed by atoms with E-state index in [0.29, 0.717) is 11.1 Å². The fraction of sp³-hybridized carbons (Fsp3) is 0. The highest BCUT2D eigenvalue weighted by atomic mass is 127. The van der Waals surface area contributed by atoms with Crippen LogP contribution in [0.4, 0.5) is 0 Å². The zero-order valence-electron chi connectivity index (χ0n) is 11.4. The fourth-order valence-corrected chi connectivity index (χ4v) is 10.2. The molecular formula is C14H2I8O3. The van der Waals surface area contributed by atoms with Gasteiger partial charge in [-0.05, 0) is 193 Å². The van der Waals surface area contributed by atoms with Crippen molar-refractivity contribution in [2.24, 2.45) is 0 Å². The second-order valence-electron chi connectivity index (χ2n) is 4.36. The van der Waals surface area contributed by atoms with E-state index in [-0.39, 0.29) is 0 Å². The number of hydrogen-bond donors (Lipinski definition) is 0. The quantitative estimate of drug-likeness (QED) is 0.103. The Morgan fingerprint density at radius 3 is 1.20 bits per heavy atom. The monoisotopic (exact) mass is 1230 g/mol. The van der Waals surface area contributed by atoms with Gasteiger partial charge in [-0.25, -0.2) is 9.59 Å². The molecule has 0 amide bonds. The molecule has 0 aliphatic rings. The van der Waals surface area contributed by atoms with Gasteiger partial charge in [-0.15, -0.1) is 0 Å². The maximum Gasteiger partial charge on any atom is 0.348 e. The third-order valence-corrected chi connectivity index (χ3v) is 14.8. The predicted octanol–water partition coefficient (Wildman–Crippen LogP) is 7.52. The molecule has 0 radical (unpaired) electrons. The Balaban J connectivity index is 2.42. The summed E-state index contributed by atoms with van der Waals surface area (Å²) < 4.78 is 12.4. The molecule has 132 valence electrons. The van der Waals surface area contributed by atoms with Crippen LogP contribution in [0.1, 0.15) is 20.7 Å². The summed E-state index contributed by atoms with van der Waals surface area (Å²) in [7, 11) is 0. The molecule has 0 aromatic heterocycles. The van der Waals surface area contributed by atoms with Crippen LogP contribution in [-0.2, 0) is 4.74 Å². The predicted molar refractivity (Wildman–Crippen MR) is 164 cm³/mol. The summed E-state index contributed by atoms with van der Waals surface area (Å²) in [6.45, 7) is 0. The summed E-state index contributed by atoms with van der Waals surface area (Å²) in [5, 5.41) is 0. The van der Waals surface area contributed by atoms with Crippen LogP contribution in [0.5, 0.6) is 0 Å². The number of hydrogen-bond acceptors (Lipinski definition) is 3. The molecule has 0 saturated carbocycles. The topological polar surface area (TPSA) is 43.4 Å². The number of carbonyl (C=O) groups is 2. The lowest BCUT2D eigenvalue weighted by Gasteiger charge is -2.12. The molecule has 11 heteroatoms. The van der Waals surface area contributed by atoms with E-state index in [0.717, 1.165) is 28.6 Å². The highest BCUT2D eigenvalue weighted by Crippen LogP contribution is 2.31. The first-order chi connectivity index (χ1) is 11.6. The van der Waals surface area contributed by atoms with Gasteiger partial charge < -0.3 is 4.74 Å². The maximum absolute atomic E-state index is 12.6. The van der Waals surface area contributed by atoms with Crippen molar-refractivity contribution in [2.45, 2.75) is 0 Å². The molecule has 0 atom stereocenters. The van der Waals surface area contributed by atoms with E-state index < -0.39 is 11.9 Å². The molecule has 2 rings (SSSR count). The largest absolute Gasteiger partial charge is 0.386 e. The van der Waals surface area contributed by atoms with Crippen molar-refractivity contribution < 1.29 is 14.3 Å². The summed E-state index contributed by atoms with van der Waals surface area (Å²) in [4.78, 5) is 25.3. The lowest BCUT2D eigenvalue weighted by molar-refractivity contribution is 0.0394. The van der Waals surface area contributed by atoms with Gasteiger partial charge in [-0.3, -0.25) is 0 Å². The van der Waals surface area contributed by atoms with Gasteiger partial charge in [-0.2, -0.15) is 0 Å². The first-order valence-electron chi connectivity index (χ1n) is 5.98. The van der Waals surface area contributed by atoms with E-state index in [9.17, 15) is 9.59 Å². The average molecular weight is 1230 g/mol. The summed E-state index contributed by atoms with van der Waals surface area (Å²) in [5.74, 6) is -1.23. The van der Waals surface area contributed by atoms with Crippen LogP contribution in [0, 0.1) is 28.6 Å². The van der Waals surface area contributed by atoms with Gasteiger partial charge in [0.2, 0.25) is 0 Å². The van der Waals surface area contributed by atoms with E-state index in [4.69, 9.17) is 4.74 Å². The van der Waals surface area contributed by atoms with Crippen molar-refractivity contribution in [2.75, 3.05) is 0 Å². The van der Waals surface area contributed by atoms with Crippen LogP contribution in [0.2, 0.25) is 0 Å². The lowest BCUT2D eigenvalue weighted by atomic mass is 10.2. The molecule has 0 unspecified atom stereocenters. The number of carbonyl (C=O) groups excluding carboxylic acids is 2. The van der Waals surface area contributed by atoms with Crippen molar-refractivity contribution in [3.05, 3.63) is 51.8 Å². The minimum atomic E-state index is -0.617. The van der Waals surface area contributed by atoms with Gasteiger partial charge >= 0.3 is 11.9 Å². The SMILES string of the molecule is O=C(OC(=O)c1c(I)cc(I)c(I)c1I)c1c(I)cc(I)c(I)c1I. The fourth-order valence-electron chi connectivity index (χ4n) is 1.69. The molecule has 0 fully saturated rings. The first kappa shape index (κ1) is 24.7. The number of benzene rings is 2. The maximum atomic E-state index is 12.6. The lowest BCUT2D eigenvalue weighted by Crippen LogP contribution is -2.18. The van der Waals surface area contributed by atoms with Crippen LogP contribution in [-0.4, -0.2) is 11.9 Å². The Labute approximate surface area is 253 Å². The van der Waals surface area contributed by atoms with Gasteiger partial charge in [0.15, 0.2) is 0 Å². The van der Waals surface area contributed by atoms with Gasteiger partial charge in [0.05, 0.1) is 11.1 Å². The van der Waals surface area contributed by atoms with Gasteiger partial charge in [-0.1, -0.05) is 0 Å². The third-order valence-electron chi connectivity index (χ3n) is 2.82. The highest BCUT2D eigenvalue weighted by molar-refractivity contribution is 14.1. The number of esters is 2. The Hall–Kier alpha value is 3.42. The second-order valence-corrected chi connectivity index (χ2v) is 13.3. The van der Waals surface area contributed by atoms with Crippen molar-refractivity contribution in [1.29, 1.82) is 0 Å². The third kappa shape index (κ3) is 5.77. The van der Waals surface area contributed by atoms with Crippen molar-refractivity contribution >= 4 is 193 Å². The van der Waals surface area contributed by atoms with Crippen LogP contribution >= 0.6 is 181 Å². The summed E-state index contributed by atoms with van der Waals surface area (Å²) in [6.07, 6.45) is 0. The second kappa shape index (κ2) is 10.6. The Morgan fingerprint density at radius 1 is 0.560 bits per heavy atom. The van der Waals surface area contributed by atoms with Crippen LogP contribution in [0.25, 0.3) is 0 Å². The van der Waals surface area contributed by atoms with Crippen molar-refractivity contribution in [3.8, 4) is 0 Å². The molecule has 3 nitrogen and oxygen atoms in total. The summed E-state index contributed by atoms with van der Waals surface area (Å²) in [6, 6.07) is 3.82. The van der Waals surface area contributed by atoms with Crippen LogP contribution in [0.15, 0.2) is 12.1 Å². The number of rotatable bonds is 2. The van der Waals surface area contributed by atoms with Gasteiger partial charge in [0.1, 0.15) is 0 Å². The normalized spacial score (nSPS) is 10.7. The molecular weight excluding hydrogens is 1230 g/mol. The Morgan fingerprint density at radius 2 is 0.880 bits per heavy atom.